The highest BCUT2D eigenvalue weighted by molar-refractivity contribution is 7.89. The van der Waals surface area contributed by atoms with Gasteiger partial charge in [0.05, 0.1) is 4.90 Å². The van der Waals surface area contributed by atoms with E-state index in [1.54, 1.807) is 28.6 Å². The number of piperidine rings is 2. The highest BCUT2D eigenvalue weighted by atomic mass is 32.2. The van der Waals surface area contributed by atoms with Gasteiger partial charge in [0.1, 0.15) is 0 Å². The Balaban J connectivity index is 1.67. The molecule has 0 spiro atoms. The summed E-state index contributed by atoms with van der Waals surface area (Å²) in [6.07, 6.45) is 4.86. The van der Waals surface area contributed by atoms with E-state index in [-0.39, 0.29) is 10.8 Å². The van der Waals surface area contributed by atoms with Crippen molar-refractivity contribution in [3.8, 4) is 0 Å². The number of carbonyl (C=O) groups excluding carboxylic acids is 1. The van der Waals surface area contributed by atoms with Gasteiger partial charge in [-0.15, -0.1) is 0 Å². The summed E-state index contributed by atoms with van der Waals surface area (Å²) in [4.78, 5) is 15.0. The zero-order chi connectivity index (χ0) is 19.3. The average Bonchev–Trinajstić information content (AvgIpc) is 2.73. The van der Waals surface area contributed by atoms with E-state index < -0.39 is 10.0 Å². The summed E-state index contributed by atoms with van der Waals surface area (Å²) < 4.78 is 27.3. The van der Waals surface area contributed by atoms with E-state index in [0.717, 1.165) is 58.3 Å². The largest absolute Gasteiger partial charge is 0.339 e. The third kappa shape index (κ3) is 4.89. The molecule has 3 rings (SSSR count). The zero-order valence-corrected chi connectivity index (χ0v) is 17.0. The van der Waals surface area contributed by atoms with E-state index in [4.69, 9.17) is 0 Å². The number of hydrogen-bond acceptors (Lipinski definition) is 4. The number of nitrogens with zero attached hydrogens (tertiary/aromatic N) is 2. The molecule has 1 N–H and O–H groups in total. The molecule has 2 saturated heterocycles. The number of likely N-dealkylation sites (tertiary alicyclic amines) is 1. The zero-order valence-electron chi connectivity index (χ0n) is 16.2. The summed E-state index contributed by atoms with van der Waals surface area (Å²) in [6, 6.07) is 6.56. The lowest BCUT2D eigenvalue weighted by Gasteiger charge is -2.32. The maximum atomic E-state index is 12.9. The quantitative estimate of drug-likeness (QED) is 0.805. The predicted molar refractivity (Wildman–Crippen MR) is 106 cm³/mol. The summed E-state index contributed by atoms with van der Waals surface area (Å²) in [5.74, 6) is 0.549. The van der Waals surface area contributed by atoms with E-state index in [9.17, 15) is 13.2 Å². The summed E-state index contributed by atoms with van der Waals surface area (Å²) >= 11 is 0. The van der Waals surface area contributed by atoms with Gasteiger partial charge in [-0.25, -0.2) is 8.42 Å². The van der Waals surface area contributed by atoms with E-state index in [1.807, 2.05) is 4.90 Å². The molecular weight excluding hydrogens is 362 g/mol. The Labute approximate surface area is 163 Å². The highest BCUT2D eigenvalue weighted by Crippen LogP contribution is 2.23. The third-order valence-corrected chi connectivity index (χ3v) is 7.51. The first-order chi connectivity index (χ1) is 13.0. The molecule has 0 saturated carbocycles. The minimum atomic E-state index is -3.51. The first-order valence-corrected chi connectivity index (χ1v) is 11.6. The topological polar surface area (TPSA) is 69.7 Å². The Morgan fingerprint density at radius 3 is 2.48 bits per heavy atom. The molecule has 1 aromatic rings. The Morgan fingerprint density at radius 2 is 1.81 bits per heavy atom. The molecule has 6 nitrogen and oxygen atoms in total. The Hall–Kier alpha value is -1.44. The Bertz CT molecular complexity index is 737. The van der Waals surface area contributed by atoms with Gasteiger partial charge in [0, 0.05) is 31.7 Å². The molecule has 27 heavy (non-hydrogen) atoms. The van der Waals surface area contributed by atoms with Crippen molar-refractivity contribution >= 4 is 15.9 Å². The lowest BCUT2D eigenvalue weighted by molar-refractivity contribution is 0.0690. The van der Waals surface area contributed by atoms with Crippen molar-refractivity contribution < 1.29 is 13.2 Å². The number of benzene rings is 1. The fraction of sp³-hybridized carbons (Fsp3) is 0.650. The smallest absolute Gasteiger partial charge is 0.253 e. The molecule has 2 heterocycles. The Morgan fingerprint density at radius 1 is 1.11 bits per heavy atom. The van der Waals surface area contributed by atoms with E-state index in [2.05, 4.69) is 12.2 Å². The molecule has 2 fully saturated rings. The summed E-state index contributed by atoms with van der Waals surface area (Å²) in [5.41, 5.74) is 0.471. The van der Waals surface area contributed by atoms with Gasteiger partial charge in [0.2, 0.25) is 10.0 Å². The first-order valence-electron chi connectivity index (χ1n) is 10.1. The van der Waals surface area contributed by atoms with Crippen LogP contribution < -0.4 is 5.32 Å². The van der Waals surface area contributed by atoms with Gasteiger partial charge < -0.3 is 10.2 Å². The molecule has 2 aliphatic rings. The lowest BCUT2D eigenvalue weighted by atomic mass is 9.96. The number of carbonyl (C=O) groups is 1. The van der Waals surface area contributed by atoms with Crippen molar-refractivity contribution in [1.29, 1.82) is 0 Å². The molecule has 0 atom stereocenters. The van der Waals surface area contributed by atoms with Crippen molar-refractivity contribution in [2.75, 3.05) is 39.3 Å². The van der Waals surface area contributed by atoms with Crippen LogP contribution in [-0.2, 0) is 10.0 Å². The van der Waals surface area contributed by atoms with Crippen LogP contribution in [-0.4, -0.2) is 62.8 Å². The molecule has 0 unspecified atom stereocenters. The minimum Gasteiger partial charge on any atom is -0.339 e. The van der Waals surface area contributed by atoms with Gasteiger partial charge >= 0.3 is 0 Å². The van der Waals surface area contributed by atoms with Crippen LogP contribution in [0.4, 0.5) is 0 Å². The SMILES string of the molecule is CCNCC1CCN(C(=O)c2cccc(S(=O)(=O)N3CCCCC3)c2)CC1. The van der Waals surface area contributed by atoms with Gasteiger partial charge in [-0.2, -0.15) is 4.31 Å². The van der Waals surface area contributed by atoms with E-state index in [1.165, 1.54) is 0 Å². The normalized spacial score (nSPS) is 20.0. The van der Waals surface area contributed by atoms with Crippen molar-refractivity contribution in [2.24, 2.45) is 5.92 Å². The van der Waals surface area contributed by atoms with Crippen LogP contribution in [0, 0.1) is 5.92 Å². The Kier molecular flexibility index (Phi) is 6.89. The number of nitrogens with one attached hydrogen (secondary N) is 1. The second-order valence-corrected chi connectivity index (χ2v) is 9.47. The second-order valence-electron chi connectivity index (χ2n) is 7.54. The monoisotopic (exact) mass is 393 g/mol. The molecule has 1 aromatic carbocycles. The van der Waals surface area contributed by atoms with Gasteiger partial charge in [-0.3, -0.25) is 4.79 Å². The van der Waals surface area contributed by atoms with Crippen LogP contribution in [0.2, 0.25) is 0 Å². The van der Waals surface area contributed by atoms with Crippen LogP contribution in [0.25, 0.3) is 0 Å². The van der Waals surface area contributed by atoms with Gasteiger partial charge in [-0.05, 0) is 62.9 Å². The first kappa shape index (κ1) is 20.3. The van der Waals surface area contributed by atoms with Gasteiger partial charge in [0.15, 0.2) is 0 Å². The fourth-order valence-corrected chi connectivity index (χ4v) is 5.48. The molecule has 0 radical (unpaired) electrons. The molecule has 2 aliphatic heterocycles. The summed E-state index contributed by atoms with van der Waals surface area (Å²) in [6.45, 7) is 6.68. The number of amides is 1. The number of sulfonamides is 1. The van der Waals surface area contributed by atoms with Crippen LogP contribution >= 0.6 is 0 Å². The third-order valence-electron chi connectivity index (χ3n) is 5.62. The van der Waals surface area contributed by atoms with E-state index >= 15 is 0 Å². The van der Waals surface area contributed by atoms with Gasteiger partial charge in [-0.1, -0.05) is 19.4 Å². The lowest BCUT2D eigenvalue weighted by Crippen LogP contribution is -2.41. The molecule has 1 amide bonds. The van der Waals surface area contributed by atoms with Gasteiger partial charge in [0.25, 0.3) is 5.91 Å². The maximum absolute atomic E-state index is 12.9. The number of rotatable bonds is 6. The molecule has 0 bridgehead atoms. The van der Waals surface area contributed by atoms with Crippen molar-refractivity contribution in [1.82, 2.24) is 14.5 Å². The average molecular weight is 394 g/mol. The molecule has 0 aliphatic carbocycles. The van der Waals surface area contributed by atoms with Crippen LogP contribution in [0.15, 0.2) is 29.2 Å². The van der Waals surface area contributed by atoms with Crippen LogP contribution in [0.3, 0.4) is 0 Å². The molecule has 7 heteroatoms. The maximum Gasteiger partial charge on any atom is 0.253 e. The summed E-state index contributed by atoms with van der Waals surface area (Å²) in [5, 5.41) is 3.37. The van der Waals surface area contributed by atoms with Crippen molar-refractivity contribution in [3.63, 3.8) is 0 Å². The predicted octanol–water partition coefficient (Wildman–Crippen LogP) is 2.32. The summed E-state index contributed by atoms with van der Waals surface area (Å²) in [7, 11) is -3.51. The van der Waals surface area contributed by atoms with Crippen molar-refractivity contribution in [3.05, 3.63) is 29.8 Å². The highest BCUT2D eigenvalue weighted by Gasteiger charge is 2.28. The minimum absolute atomic E-state index is 0.0624. The fourth-order valence-electron chi connectivity index (χ4n) is 3.92. The van der Waals surface area contributed by atoms with Crippen LogP contribution in [0.5, 0.6) is 0 Å². The standard InChI is InChI=1S/C20H31N3O3S/c1-2-21-16-17-9-13-22(14-10-17)20(24)18-7-6-8-19(15-18)27(25,26)23-11-4-3-5-12-23/h6-8,15,17,21H,2-5,9-14,16H2,1H3. The van der Waals surface area contributed by atoms with Crippen molar-refractivity contribution in [2.45, 2.75) is 43.9 Å². The van der Waals surface area contributed by atoms with Crippen LogP contribution in [0.1, 0.15) is 49.4 Å². The molecular formula is C20H31N3O3S. The molecule has 150 valence electrons. The second kappa shape index (κ2) is 9.17. The number of hydrogen-bond donors (Lipinski definition) is 1. The molecule has 0 aromatic heterocycles. The van der Waals surface area contributed by atoms with E-state index in [0.29, 0.717) is 24.6 Å².